The van der Waals surface area contributed by atoms with Crippen LogP contribution in [0.1, 0.15) is 19.8 Å². The normalized spacial score (nSPS) is 25.3. The molecule has 0 radical (unpaired) electrons. The number of ether oxygens (including phenoxy) is 2. The summed E-state index contributed by atoms with van der Waals surface area (Å²) < 4.78 is 35.0. The van der Waals surface area contributed by atoms with Crippen molar-refractivity contribution in [2.24, 2.45) is 4.99 Å². The molecule has 1 aromatic carbocycles. The van der Waals surface area contributed by atoms with Gasteiger partial charge in [-0.05, 0) is 18.6 Å². The maximum atomic E-state index is 12.1. The molecule has 2 saturated heterocycles. The molecule has 2 aliphatic heterocycles. The number of benzene rings is 1. The summed E-state index contributed by atoms with van der Waals surface area (Å²) in [6, 6.07) is 5.04. The van der Waals surface area contributed by atoms with Gasteiger partial charge in [0.05, 0.1) is 37.5 Å². The molecule has 1 aromatic rings. The van der Waals surface area contributed by atoms with E-state index >= 15 is 0 Å². The average molecular weight is 399 g/mol. The van der Waals surface area contributed by atoms with Gasteiger partial charge in [0.2, 0.25) is 5.91 Å². The molecule has 2 heterocycles. The van der Waals surface area contributed by atoms with Crippen molar-refractivity contribution in [1.29, 1.82) is 0 Å². The topological polar surface area (TPSA) is 85.3 Å². The fourth-order valence-electron chi connectivity index (χ4n) is 3.21. The standard InChI is InChI=1S/C17H22N2O5S2/c1-4-5-16(20)18-17-19(13-9-26(21,22)10-15(13)25-17)12-8-11(23-2)6-7-14(12)24-3/h6-8,13,15H,4-5,9-10H2,1-3H3/t13-,15+/m1/s1. The van der Waals surface area contributed by atoms with Gasteiger partial charge < -0.3 is 14.4 Å². The molecule has 0 bridgehead atoms. The van der Waals surface area contributed by atoms with Crippen LogP contribution < -0.4 is 14.4 Å². The predicted molar refractivity (Wildman–Crippen MR) is 103 cm³/mol. The molecule has 142 valence electrons. The third-order valence-corrected chi connectivity index (χ3v) is 7.61. The van der Waals surface area contributed by atoms with Crippen LogP contribution >= 0.6 is 11.8 Å². The molecule has 0 aromatic heterocycles. The van der Waals surface area contributed by atoms with Gasteiger partial charge in [0.15, 0.2) is 15.0 Å². The molecular weight excluding hydrogens is 376 g/mol. The number of aliphatic imine (C=N–C) groups is 1. The third-order valence-electron chi connectivity index (χ3n) is 4.40. The Morgan fingerprint density at radius 3 is 2.73 bits per heavy atom. The smallest absolute Gasteiger partial charge is 0.248 e. The zero-order valence-electron chi connectivity index (χ0n) is 15.0. The van der Waals surface area contributed by atoms with E-state index in [1.165, 1.54) is 11.8 Å². The van der Waals surface area contributed by atoms with Gasteiger partial charge in [0.25, 0.3) is 0 Å². The molecule has 2 fully saturated rings. The van der Waals surface area contributed by atoms with E-state index in [-0.39, 0.29) is 28.7 Å². The molecule has 0 aliphatic carbocycles. The number of hydrogen-bond acceptors (Lipinski definition) is 6. The maximum absolute atomic E-state index is 12.1. The zero-order valence-corrected chi connectivity index (χ0v) is 16.6. The van der Waals surface area contributed by atoms with Crippen molar-refractivity contribution in [2.45, 2.75) is 31.1 Å². The number of nitrogens with zero attached hydrogens (tertiary/aromatic N) is 2. The van der Waals surface area contributed by atoms with Gasteiger partial charge in [-0.2, -0.15) is 4.99 Å². The second-order valence-electron chi connectivity index (χ2n) is 6.25. The minimum atomic E-state index is -3.12. The van der Waals surface area contributed by atoms with Gasteiger partial charge in [-0.15, -0.1) is 0 Å². The lowest BCUT2D eigenvalue weighted by Gasteiger charge is -2.26. The fraction of sp³-hybridized carbons (Fsp3) is 0.529. The highest BCUT2D eigenvalue weighted by Gasteiger charge is 2.50. The van der Waals surface area contributed by atoms with Crippen molar-refractivity contribution in [2.75, 3.05) is 30.6 Å². The van der Waals surface area contributed by atoms with Crippen molar-refractivity contribution in [3.8, 4) is 11.5 Å². The van der Waals surface area contributed by atoms with E-state index in [1.807, 2.05) is 11.8 Å². The highest BCUT2D eigenvalue weighted by atomic mass is 32.2. The molecule has 0 saturated carbocycles. The largest absolute Gasteiger partial charge is 0.497 e. The van der Waals surface area contributed by atoms with E-state index in [2.05, 4.69) is 4.99 Å². The minimum absolute atomic E-state index is 0.0337. The minimum Gasteiger partial charge on any atom is -0.497 e. The van der Waals surface area contributed by atoms with Gasteiger partial charge in [-0.1, -0.05) is 18.7 Å². The van der Waals surface area contributed by atoms with Crippen LogP contribution in [-0.2, 0) is 14.6 Å². The van der Waals surface area contributed by atoms with E-state index in [0.29, 0.717) is 35.2 Å². The molecule has 0 N–H and O–H groups in total. The fourth-order valence-corrected chi connectivity index (χ4v) is 7.13. The molecule has 0 spiro atoms. The van der Waals surface area contributed by atoms with Crippen LogP contribution in [-0.4, -0.2) is 56.5 Å². The molecule has 7 nitrogen and oxygen atoms in total. The number of fused-ring (bicyclic) bond motifs is 1. The zero-order chi connectivity index (χ0) is 18.9. The number of hydrogen-bond donors (Lipinski definition) is 0. The van der Waals surface area contributed by atoms with Crippen LogP contribution in [0.15, 0.2) is 23.2 Å². The van der Waals surface area contributed by atoms with Gasteiger partial charge in [-0.3, -0.25) is 4.79 Å². The van der Waals surface area contributed by atoms with Crippen LogP contribution in [0.4, 0.5) is 5.69 Å². The number of methoxy groups -OCH3 is 2. The molecular formula is C17H22N2O5S2. The number of rotatable bonds is 5. The summed E-state index contributed by atoms with van der Waals surface area (Å²) in [4.78, 5) is 18.2. The summed E-state index contributed by atoms with van der Waals surface area (Å²) in [6.07, 6.45) is 1.07. The lowest BCUT2D eigenvalue weighted by molar-refractivity contribution is -0.117. The number of carbonyl (C=O) groups is 1. The Hall–Kier alpha value is -1.74. The summed E-state index contributed by atoms with van der Waals surface area (Å²) in [6.45, 7) is 1.92. The van der Waals surface area contributed by atoms with Crippen molar-refractivity contribution in [1.82, 2.24) is 0 Å². The van der Waals surface area contributed by atoms with Gasteiger partial charge in [-0.25, -0.2) is 8.42 Å². The van der Waals surface area contributed by atoms with Gasteiger partial charge >= 0.3 is 0 Å². The second-order valence-corrected chi connectivity index (χ2v) is 9.61. The molecule has 0 unspecified atom stereocenters. The third kappa shape index (κ3) is 3.68. The van der Waals surface area contributed by atoms with Crippen LogP contribution in [0.2, 0.25) is 0 Å². The molecule has 2 atom stereocenters. The Balaban J connectivity index is 2.08. The van der Waals surface area contributed by atoms with E-state index in [1.54, 1.807) is 32.4 Å². The van der Waals surface area contributed by atoms with E-state index in [4.69, 9.17) is 9.47 Å². The van der Waals surface area contributed by atoms with Gasteiger partial charge in [0.1, 0.15) is 11.5 Å². The van der Waals surface area contributed by atoms with Crippen molar-refractivity contribution in [3.63, 3.8) is 0 Å². The van der Waals surface area contributed by atoms with Crippen molar-refractivity contribution in [3.05, 3.63) is 18.2 Å². The second kappa shape index (κ2) is 7.48. The first-order chi connectivity index (χ1) is 12.4. The predicted octanol–water partition coefficient (Wildman–Crippen LogP) is 2.11. The van der Waals surface area contributed by atoms with Crippen LogP contribution in [0, 0.1) is 0 Å². The quantitative estimate of drug-likeness (QED) is 0.751. The van der Waals surface area contributed by atoms with Gasteiger partial charge in [0, 0.05) is 17.7 Å². The highest BCUT2D eigenvalue weighted by molar-refractivity contribution is 8.16. The molecule has 1 amide bonds. The number of sulfone groups is 1. The van der Waals surface area contributed by atoms with E-state index in [9.17, 15) is 13.2 Å². The summed E-state index contributed by atoms with van der Waals surface area (Å²) in [5.74, 6) is 1.11. The lowest BCUT2D eigenvalue weighted by atomic mass is 10.2. The first kappa shape index (κ1) is 19.0. The summed E-state index contributed by atoms with van der Waals surface area (Å²) >= 11 is 1.35. The number of carbonyl (C=O) groups excluding carboxylic acids is 1. The number of thioether (sulfide) groups is 1. The number of anilines is 1. The first-order valence-corrected chi connectivity index (χ1v) is 11.1. The van der Waals surface area contributed by atoms with Crippen LogP contribution in [0.25, 0.3) is 0 Å². The molecule has 3 rings (SSSR count). The molecule has 2 aliphatic rings. The Labute approximate surface area is 157 Å². The van der Waals surface area contributed by atoms with Crippen molar-refractivity contribution < 1.29 is 22.7 Å². The van der Waals surface area contributed by atoms with Crippen LogP contribution in [0.5, 0.6) is 11.5 Å². The average Bonchev–Trinajstić information content (AvgIpc) is 3.05. The van der Waals surface area contributed by atoms with E-state index < -0.39 is 9.84 Å². The highest BCUT2D eigenvalue weighted by Crippen LogP contribution is 2.44. The first-order valence-electron chi connectivity index (χ1n) is 8.38. The van der Waals surface area contributed by atoms with Crippen molar-refractivity contribution >= 4 is 38.4 Å². The maximum Gasteiger partial charge on any atom is 0.248 e. The summed E-state index contributed by atoms with van der Waals surface area (Å²) in [5.41, 5.74) is 0.659. The Kier molecular flexibility index (Phi) is 5.47. The SMILES string of the molecule is CCCC(=O)N=C1S[C@H]2CS(=O)(=O)C[C@H]2N1c1cc(OC)ccc1OC. The Morgan fingerprint density at radius 2 is 2.08 bits per heavy atom. The molecule has 9 heteroatoms. The van der Waals surface area contributed by atoms with E-state index in [0.717, 1.165) is 0 Å². The van der Waals surface area contributed by atoms with Crippen LogP contribution in [0.3, 0.4) is 0 Å². The Bertz CT molecular complexity index is 838. The number of amidine groups is 1. The Morgan fingerprint density at radius 1 is 1.31 bits per heavy atom. The summed E-state index contributed by atoms with van der Waals surface area (Å²) in [7, 11) is -0.00383. The number of amides is 1. The molecule has 26 heavy (non-hydrogen) atoms. The summed E-state index contributed by atoms with van der Waals surface area (Å²) in [5, 5.41) is 0.379. The lowest BCUT2D eigenvalue weighted by Crippen LogP contribution is -2.38. The monoisotopic (exact) mass is 398 g/mol.